The van der Waals surface area contributed by atoms with Crippen LogP contribution in [0.25, 0.3) is 0 Å². The van der Waals surface area contributed by atoms with Crippen molar-refractivity contribution in [3.63, 3.8) is 0 Å². The fraction of sp³-hybridized carbons (Fsp3) is 0.593. The number of rotatable bonds is 9. The van der Waals surface area contributed by atoms with Crippen LogP contribution in [0.4, 0.5) is 0 Å². The van der Waals surface area contributed by atoms with Gasteiger partial charge in [-0.2, -0.15) is 0 Å². The summed E-state index contributed by atoms with van der Waals surface area (Å²) in [6.07, 6.45) is 3.12. The zero-order valence-electron chi connectivity index (χ0n) is 22.5. The number of ether oxygens (including phenoxy) is 2. The molecule has 1 aromatic carbocycles. The fourth-order valence-electron chi connectivity index (χ4n) is 4.87. The van der Waals surface area contributed by atoms with Crippen molar-refractivity contribution in [3.8, 4) is 11.5 Å². The number of nitrogens with zero attached hydrogens (tertiary/aromatic N) is 1. The Morgan fingerprint density at radius 2 is 1.79 bits per heavy atom. The molecule has 0 saturated carbocycles. The van der Waals surface area contributed by atoms with Crippen LogP contribution in [-0.2, 0) is 30.4 Å². The molecule has 38 heavy (non-hydrogen) atoms. The standard InChI is InChI=1S/C27H38N4O7/c1-5-27(2)26(36)29-19(15-17-11-12-21(37-3)22(16-17)38-4)25(35)31-13-8-10-20(31)24(34)28-18(23(33)30-27)9-6-7-14-32/h11-12,14,16,18-20H,5-10,13,15H2,1-4H3,(H,28,34)(H,29,36)(H,30,33)/t18-,19-,20+,27-/m0/s1. The van der Waals surface area contributed by atoms with E-state index in [4.69, 9.17) is 9.47 Å². The van der Waals surface area contributed by atoms with Gasteiger partial charge in [0.1, 0.15) is 30.0 Å². The maximum Gasteiger partial charge on any atom is 0.246 e. The number of carbonyl (C=O) groups is 5. The van der Waals surface area contributed by atoms with Gasteiger partial charge in [0.05, 0.1) is 14.2 Å². The summed E-state index contributed by atoms with van der Waals surface area (Å²) in [5, 5.41) is 8.43. The normalized spacial score (nSPS) is 26.3. The summed E-state index contributed by atoms with van der Waals surface area (Å²) < 4.78 is 10.7. The van der Waals surface area contributed by atoms with Crippen LogP contribution in [0.5, 0.6) is 11.5 Å². The van der Waals surface area contributed by atoms with Crippen molar-refractivity contribution in [1.82, 2.24) is 20.9 Å². The molecule has 2 fully saturated rings. The Morgan fingerprint density at radius 3 is 2.45 bits per heavy atom. The molecule has 0 spiro atoms. The van der Waals surface area contributed by atoms with Crippen molar-refractivity contribution in [1.29, 1.82) is 0 Å². The molecule has 0 aromatic heterocycles. The molecular formula is C27H38N4O7. The lowest BCUT2D eigenvalue weighted by molar-refractivity contribution is -0.144. The first-order valence-corrected chi connectivity index (χ1v) is 13.1. The van der Waals surface area contributed by atoms with Crippen molar-refractivity contribution < 1.29 is 33.4 Å². The van der Waals surface area contributed by atoms with Gasteiger partial charge in [0.15, 0.2) is 11.5 Å². The summed E-state index contributed by atoms with van der Waals surface area (Å²) >= 11 is 0. The maximum absolute atomic E-state index is 13.8. The lowest BCUT2D eigenvalue weighted by Gasteiger charge is -2.36. The van der Waals surface area contributed by atoms with Gasteiger partial charge in [0.25, 0.3) is 0 Å². The van der Waals surface area contributed by atoms with Gasteiger partial charge < -0.3 is 35.1 Å². The van der Waals surface area contributed by atoms with Crippen molar-refractivity contribution in [2.45, 2.75) is 82.5 Å². The lowest BCUT2D eigenvalue weighted by Crippen LogP contribution is -2.65. The molecule has 1 aromatic rings. The Balaban J connectivity index is 1.97. The van der Waals surface area contributed by atoms with Gasteiger partial charge in [-0.25, -0.2) is 0 Å². The van der Waals surface area contributed by atoms with Crippen LogP contribution in [-0.4, -0.2) is 79.2 Å². The molecule has 208 valence electrons. The zero-order chi connectivity index (χ0) is 27.9. The molecule has 2 aliphatic heterocycles. The third kappa shape index (κ3) is 6.43. The van der Waals surface area contributed by atoms with E-state index in [-0.39, 0.29) is 31.6 Å². The minimum absolute atomic E-state index is 0.151. The van der Waals surface area contributed by atoms with E-state index in [1.165, 1.54) is 19.1 Å². The van der Waals surface area contributed by atoms with Crippen LogP contribution in [0.3, 0.4) is 0 Å². The number of unbranched alkanes of at least 4 members (excludes halogenated alkanes) is 1. The number of benzene rings is 1. The number of fused-ring (bicyclic) bond motifs is 1. The monoisotopic (exact) mass is 530 g/mol. The average molecular weight is 531 g/mol. The molecule has 4 amide bonds. The summed E-state index contributed by atoms with van der Waals surface area (Å²) in [7, 11) is 3.04. The van der Waals surface area contributed by atoms with Crippen molar-refractivity contribution in [2.24, 2.45) is 0 Å². The van der Waals surface area contributed by atoms with Gasteiger partial charge in [0, 0.05) is 19.4 Å². The Morgan fingerprint density at radius 1 is 1.05 bits per heavy atom. The quantitative estimate of drug-likeness (QED) is 0.318. The predicted molar refractivity (Wildman–Crippen MR) is 139 cm³/mol. The zero-order valence-corrected chi connectivity index (χ0v) is 22.5. The molecule has 0 aliphatic carbocycles. The fourth-order valence-corrected chi connectivity index (χ4v) is 4.87. The first-order chi connectivity index (χ1) is 18.2. The molecule has 3 N–H and O–H groups in total. The van der Waals surface area contributed by atoms with E-state index in [9.17, 15) is 24.0 Å². The molecule has 0 radical (unpaired) electrons. The van der Waals surface area contributed by atoms with Crippen molar-refractivity contribution >= 4 is 29.9 Å². The van der Waals surface area contributed by atoms with Gasteiger partial charge >= 0.3 is 0 Å². The number of nitrogens with one attached hydrogen (secondary N) is 3. The van der Waals surface area contributed by atoms with Crippen molar-refractivity contribution in [2.75, 3.05) is 20.8 Å². The minimum Gasteiger partial charge on any atom is -0.493 e. The van der Waals surface area contributed by atoms with Crippen LogP contribution in [0.2, 0.25) is 0 Å². The second kappa shape index (κ2) is 12.7. The molecule has 3 rings (SSSR count). The van der Waals surface area contributed by atoms with Crippen LogP contribution in [0.1, 0.15) is 57.9 Å². The SMILES string of the molecule is CC[C@]1(C)NC(=O)[C@H](CCCC=O)NC(=O)[C@H]2CCCN2C(=O)[C@H](Cc2ccc(OC)c(OC)c2)NC1=O. The van der Waals surface area contributed by atoms with Crippen LogP contribution < -0.4 is 25.4 Å². The molecule has 2 heterocycles. The Labute approximate surface area is 223 Å². The first kappa shape index (κ1) is 28.9. The molecule has 11 heteroatoms. The van der Waals surface area contributed by atoms with E-state index in [2.05, 4.69) is 16.0 Å². The highest BCUT2D eigenvalue weighted by Gasteiger charge is 2.43. The molecule has 4 atom stereocenters. The topological polar surface area (TPSA) is 143 Å². The van der Waals surface area contributed by atoms with Crippen LogP contribution in [0, 0.1) is 0 Å². The lowest BCUT2D eigenvalue weighted by atomic mass is 9.94. The summed E-state index contributed by atoms with van der Waals surface area (Å²) in [6.45, 7) is 3.71. The molecular weight excluding hydrogens is 492 g/mol. The minimum atomic E-state index is -1.33. The Bertz CT molecular complexity index is 1060. The average Bonchev–Trinajstić information content (AvgIpc) is 3.41. The summed E-state index contributed by atoms with van der Waals surface area (Å²) in [5.41, 5.74) is -0.601. The number of aldehydes is 1. The number of hydrogen-bond donors (Lipinski definition) is 3. The number of methoxy groups -OCH3 is 2. The van der Waals surface area contributed by atoms with Gasteiger partial charge in [-0.1, -0.05) is 13.0 Å². The first-order valence-electron chi connectivity index (χ1n) is 13.1. The maximum atomic E-state index is 13.8. The largest absolute Gasteiger partial charge is 0.493 e. The molecule has 2 aliphatic rings. The predicted octanol–water partition coefficient (Wildman–Crippen LogP) is 0.875. The van der Waals surface area contributed by atoms with E-state index >= 15 is 0 Å². The second-order valence-electron chi connectivity index (χ2n) is 9.94. The van der Waals surface area contributed by atoms with E-state index in [0.717, 1.165) is 11.8 Å². The molecule has 2 saturated heterocycles. The highest BCUT2D eigenvalue weighted by molar-refractivity contribution is 5.99. The third-order valence-corrected chi connectivity index (χ3v) is 7.38. The molecule has 0 bridgehead atoms. The number of amides is 4. The van der Waals surface area contributed by atoms with Crippen LogP contribution >= 0.6 is 0 Å². The smallest absolute Gasteiger partial charge is 0.246 e. The highest BCUT2D eigenvalue weighted by atomic mass is 16.5. The summed E-state index contributed by atoms with van der Waals surface area (Å²) in [4.78, 5) is 66.2. The second-order valence-corrected chi connectivity index (χ2v) is 9.94. The van der Waals surface area contributed by atoms with Gasteiger partial charge in [-0.3, -0.25) is 19.2 Å². The van der Waals surface area contributed by atoms with E-state index in [0.29, 0.717) is 37.3 Å². The van der Waals surface area contributed by atoms with Gasteiger partial charge in [0.2, 0.25) is 23.6 Å². The van der Waals surface area contributed by atoms with E-state index in [1.54, 1.807) is 32.0 Å². The number of hydrogen-bond acceptors (Lipinski definition) is 7. The molecule has 0 unspecified atom stereocenters. The number of carbonyl (C=O) groups excluding carboxylic acids is 5. The Hall–Kier alpha value is -3.63. The Kier molecular flexibility index (Phi) is 9.71. The van der Waals surface area contributed by atoms with Crippen LogP contribution in [0.15, 0.2) is 18.2 Å². The van der Waals surface area contributed by atoms with Gasteiger partial charge in [-0.15, -0.1) is 0 Å². The third-order valence-electron chi connectivity index (χ3n) is 7.38. The summed E-state index contributed by atoms with van der Waals surface area (Å²) in [5.74, 6) is -0.768. The van der Waals surface area contributed by atoms with E-state index in [1.807, 2.05) is 0 Å². The highest BCUT2D eigenvalue weighted by Crippen LogP contribution is 2.29. The van der Waals surface area contributed by atoms with E-state index < -0.39 is 41.4 Å². The summed E-state index contributed by atoms with van der Waals surface area (Å²) in [6, 6.07) is 2.59. The van der Waals surface area contributed by atoms with Crippen molar-refractivity contribution in [3.05, 3.63) is 23.8 Å². The molecule has 11 nitrogen and oxygen atoms in total. The van der Waals surface area contributed by atoms with Gasteiger partial charge in [-0.05, 0) is 56.7 Å².